The van der Waals surface area contributed by atoms with Crippen molar-refractivity contribution >= 4 is 17.0 Å². The van der Waals surface area contributed by atoms with Crippen LogP contribution in [0.1, 0.15) is 11.3 Å². The molecule has 38 heavy (non-hydrogen) atoms. The van der Waals surface area contributed by atoms with Gasteiger partial charge in [0.05, 0.1) is 6.33 Å². The maximum atomic E-state index is 13.0. The molecule has 0 saturated carbocycles. The number of H-pyrrole nitrogens is 1. The number of alkyl halides is 6. The predicted molar refractivity (Wildman–Crippen MR) is 125 cm³/mol. The van der Waals surface area contributed by atoms with E-state index >= 15 is 0 Å². The highest BCUT2D eigenvalue weighted by molar-refractivity contribution is 5.84. The maximum absolute atomic E-state index is 13.0. The van der Waals surface area contributed by atoms with Gasteiger partial charge in [0.2, 0.25) is 0 Å². The van der Waals surface area contributed by atoms with Crippen LogP contribution in [0.3, 0.4) is 0 Å². The van der Waals surface area contributed by atoms with Gasteiger partial charge >= 0.3 is 12.5 Å². The molecule has 2 aromatic carbocycles. The van der Waals surface area contributed by atoms with E-state index in [1.807, 2.05) is 0 Å². The van der Waals surface area contributed by atoms with Crippen molar-refractivity contribution in [3.05, 3.63) is 72.3 Å². The van der Waals surface area contributed by atoms with Crippen molar-refractivity contribution in [3.8, 4) is 28.5 Å². The van der Waals surface area contributed by atoms with E-state index in [4.69, 9.17) is 0 Å². The lowest BCUT2D eigenvalue weighted by atomic mass is 10.1. The van der Waals surface area contributed by atoms with E-state index in [0.29, 0.717) is 22.5 Å². The standard InChI is InChI=1S/C24H17F6N7O/c1-37-11-17(23(25,26)27)34-22(37)14-7-5-13(6-8-14)10-31-20-18-21(33-12-32-18)36-19(35-20)15-3-2-4-16(9-15)38-24(28,29)30/h2-9,11-12H,10H2,1H3,(H2,31,32,33,35,36). The highest BCUT2D eigenvalue weighted by atomic mass is 19.4. The molecule has 0 bridgehead atoms. The molecular weight excluding hydrogens is 516 g/mol. The van der Waals surface area contributed by atoms with E-state index in [2.05, 4.69) is 35.0 Å². The minimum absolute atomic E-state index is 0.130. The largest absolute Gasteiger partial charge is 0.573 e. The number of nitrogens with zero attached hydrogens (tertiary/aromatic N) is 5. The van der Waals surface area contributed by atoms with Crippen LogP contribution in [0, 0.1) is 0 Å². The van der Waals surface area contributed by atoms with Crippen LogP contribution >= 0.6 is 0 Å². The van der Waals surface area contributed by atoms with E-state index in [1.165, 1.54) is 36.1 Å². The average molecular weight is 533 g/mol. The molecule has 0 radical (unpaired) electrons. The van der Waals surface area contributed by atoms with Crippen LogP contribution in [0.25, 0.3) is 33.9 Å². The first-order valence-corrected chi connectivity index (χ1v) is 11.0. The normalized spacial score (nSPS) is 12.2. The summed E-state index contributed by atoms with van der Waals surface area (Å²) in [4.78, 5) is 19.5. The fourth-order valence-electron chi connectivity index (χ4n) is 3.75. The summed E-state index contributed by atoms with van der Waals surface area (Å²) < 4.78 is 82.1. The van der Waals surface area contributed by atoms with E-state index in [0.717, 1.165) is 11.8 Å². The molecule has 0 amide bonds. The van der Waals surface area contributed by atoms with Gasteiger partial charge in [0, 0.05) is 30.9 Å². The van der Waals surface area contributed by atoms with Crippen molar-refractivity contribution in [1.29, 1.82) is 0 Å². The molecule has 0 saturated heterocycles. The van der Waals surface area contributed by atoms with E-state index in [1.54, 1.807) is 30.3 Å². The van der Waals surface area contributed by atoms with Gasteiger partial charge in [-0.1, -0.05) is 36.4 Å². The van der Waals surface area contributed by atoms with Crippen LogP contribution in [0.2, 0.25) is 0 Å². The smallest absolute Gasteiger partial charge is 0.406 e. The van der Waals surface area contributed by atoms with Crippen LogP contribution in [-0.4, -0.2) is 35.8 Å². The Labute approximate surface area is 210 Å². The Morgan fingerprint density at radius 1 is 0.947 bits per heavy atom. The molecule has 3 heterocycles. The Bertz CT molecular complexity index is 1590. The zero-order valence-corrected chi connectivity index (χ0v) is 19.4. The molecule has 8 nitrogen and oxygen atoms in total. The second-order valence-electron chi connectivity index (χ2n) is 8.18. The second-order valence-corrected chi connectivity index (χ2v) is 8.18. The summed E-state index contributed by atoms with van der Waals surface area (Å²) in [7, 11) is 1.49. The first-order valence-electron chi connectivity index (χ1n) is 11.0. The zero-order chi connectivity index (χ0) is 27.1. The molecule has 14 heteroatoms. The lowest BCUT2D eigenvalue weighted by molar-refractivity contribution is -0.274. The first kappa shape index (κ1) is 25.0. The van der Waals surface area contributed by atoms with Gasteiger partial charge in [-0.05, 0) is 17.7 Å². The summed E-state index contributed by atoms with van der Waals surface area (Å²) in [6.45, 7) is 0.274. The number of hydrogen-bond acceptors (Lipinski definition) is 6. The van der Waals surface area contributed by atoms with Crippen molar-refractivity contribution < 1.29 is 31.1 Å². The van der Waals surface area contributed by atoms with Crippen molar-refractivity contribution in [2.75, 3.05) is 5.32 Å². The van der Waals surface area contributed by atoms with Crippen LogP contribution in [0.15, 0.2) is 61.1 Å². The number of rotatable bonds is 6. The highest BCUT2D eigenvalue weighted by Crippen LogP contribution is 2.31. The molecule has 5 aromatic rings. The van der Waals surface area contributed by atoms with Crippen molar-refractivity contribution in [1.82, 2.24) is 29.5 Å². The van der Waals surface area contributed by atoms with Crippen molar-refractivity contribution in [3.63, 3.8) is 0 Å². The SMILES string of the molecule is Cn1cc(C(F)(F)F)nc1-c1ccc(CNc2nc(-c3cccc(OC(F)(F)F)c3)nc3nc[nH]c23)cc1. The summed E-state index contributed by atoms with van der Waals surface area (Å²) in [5.74, 6) is 0.247. The van der Waals surface area contributed by atoms with Gasteiger partial charge < -0.3 is 19.6 Å². The maximum Gasteiger partial charge on any atom is 0.573 e. The Morgan fingerprint density at radius 3 is 2.39 bits per heavy atom. The number of nitrogens with one attached hydrogen (secondary N) is 2. The highest BCUT2D eigenvalue weighted by Gasteiger charge is 2.34. The molecule has 5 rings (SSSR count). The van der Waals surface area contributed by atoms with Gasteiger partial charge in [-0.2, -0.15) is 13.2 Å². The number of halogens is 6. The molecular formula is C24H17F6N7O. The molecule has 0 aliphatic rings. The van der Waals surface area contributed by atoms with Gasteiger partial charge in [0.25, 0.3) is 0 Å². The summed E-state index contributed by atoms with van der Waals surface area (Å²) in [5, 5.41) is 3.14. The zero-order valence-electron chi connectivity index (χ0n) is 19.4. The van der Waals surface area contributed by atoms with Gasteiger partial charge in [-0.15, -0.1) is 13.2 Å². The van der Waals surface area contributed by atoms with Gasteiger partial charge in [-0.3, -0.25) is 0 Å². The third-order valence-corrected chi connectivity index (χ3v) is 5.45. The van der Waals surface area contributed by atoms with Crippen molar-refractivity contribution in [2.24, 2.45) is 7.05 Å². The molecule has 0 fully saturated rings. The number of aromatic nitrogens is 6. The minimum atomic E-state index is -4.84. The number of fused-ring (bicyclic) bond motifs is 1. The molecule has 0 unspecified atom stereocenters. The number of hydrogen-bond donors (Lipinski definition) is 2. The molecule has 0 atom stereocenters. The van der Waals surface area contributed by atoms with E-state index < -0.39 is 24.0 Å². The quantitative estimate of drug-likeness (QED) is 0.262. The first-order chi connectivity index (χ1) is 18.0. The Kier molecular flexibility index (Phi) is 6.17. The number of aryl methyl sites for hydroxylation is 1. The number of anilines is 1. The van der Waals surface area contributed by atoms with Crippen LogP contribution < -0.4 is 10.1 Å². The number of benzene rings is 2. The Balaban J connectivity index is 1.37. The molecule has 0 aliphatic heterocycles. The summed E-state index contributed by atoms with van der Waals surface area (Å²) >= 11 is 0. The molecule has 2 N–H and O–H groups in total. The molecule has 0 spiro atoms. The average Bonchev–Trinajstić information content (AvgIpc) is 3.48. The van der Waals surface area contributed by atoms with Crippen LogP contribution in [0.4, 0.5) is 32.2 Å². The Morgan fingerprint density at radius 2 is 1.71 bits per heavy atom. The van der Waals surface area contributed by atoms with Gasteiger partial charge in [0.1, 0.15) is 17.1 Å². The lowest BCUT2D eigenvalue weighted by Gasteiger charge is -2.11. The third-order valence-electron chi connectivity index (χ3n) is 5.45. The topological polar surface area (TPSA) is 93.5 Å². The summed E-state index contributed by atoms with van der Waals surface area (Å²) in [6, 6.07) is 12.0. The third kappa shape index (κ3) is 5.38. The van der Waals surface area contributed by atoms with Gasteiger partial charge in [-0.25, -0.2) is 19.9 Å². The number of imidazole rings is 2. The summed E-state index contributed by atoms with van der Waals surface area (Å²) in [6.07, 6.45) is -7.04. The van der Waals surface area contributed by atoms with Crippen LogP contribution in [0.5, 0.6) is 5.75 Å². The van der Waals surface area contributed by atoms with Gasteiger partial charge in [0.15, 0.2) is 23.0 Å². The molecule has 3 aromatic heterocycles. The summed E-state index contributed by atoms with van der Waals surface area (Å²) in [5.41, 5.74) is 1.39. The predicted octanol–water partition coefficient (Wildman–Crippen LogP) is 5.95. The van der Waals surface area contributed by atoms with Crippen LogP contribution in [-0.2, 0) is 19.8 Å². The molecule has 196 valence electrons. The fraction of sp³-hybridized carbons (Fsp3) is 0.167. The Hall–Kier alpha value is -4.62. The van der Waals surface area contributed by atoms with Crippen molar-refractivity contribution in [2.45, 2.75) is 19.1 Å². The fourth-order valence-corrected chi connectivity index (χ4v) is 3.75. The number of aromatic amines is 1. The van der Waals surface area contributed by atoms with E-state index in [-0.39, 0.29) is 23.8 Å². The minimum Gasteiger partial charge on any atom is -0.406 e. The lowest BCUT2D eigenvalue weighted by Crippen LogP contribution is -2.17. The van der Waals surface area contributed by atoms with E-state index in [9.17, 15) is 26.3 Å². The molecule has 0 aliphatic carbocycles. The second kappa shape index (κ2) is 9.36. The number of ether oxygens (including phenoxy) is 1. The monoisotopic (exact) mass is 533 g/mol.